The summed E-state index contributed by atoms with van der Waals surface area (Å²) in [6.45, 7) is 0. The van der Waals surface area contributed by atoms with Gasteiger partial charge in [-0.3, -0.25) is 0 Å². The second-order valence-corrected chi connectivity index (χ2v) is 6.73. The lowest BCUT2D eigenvalue weighted by Gasteiger charge is -2.08. The Labute approximate surface area is 112 Å². The molecule has 0 aliphatic rings. The molecule has 1 unspecified atom stereocenters. The molecule has 0 saturated heterocycles. The average molecular weight is 293 g/mol. The minimum absolute atomic E-state index is 0.529. The highest BCUT2D eigenvalue weighted by Crippen LogP contribution is 2.36. The van der Waals surface area contributed by atoms with E-state index >= 15 is 0 Å². The average Bonchev–Trinajstić information content (AvgIpc) is 2.84. The van der Waals surface area contributed by atoms with E-state index in [2.05, 4.69) is 6.07 Å². The van der Waals surface area contributed by atoms with E-state index in [9.17, 15) is 5.11 Å². The van der Waals surface area contributed by atoms with Crippen molar-refractivity contribution in [3.8, 4) is 0 Å². The molecule has 2 aromatic rings. The zero-order valence-corrected chi connectivity index (χ0v) is 11.5. The molecule has 0 saturated carbocycles. The molecule has 0 spiro atoms. The van der Waals surface area contributed by atoms with Crippen LogP contribution in [0.2, 0.25) is 8.67 Å². The van der Waals surface area contributed by atoms with E-state index in [-0.39, 0.29) is 0 Å². The molecule has 0 fully saturated rings. The van der Waals surface area contributed by atoms with Crippen LogP contribution in [0.4, 0.5) is 0 Å². The first-order valence-electron chi connectivity index (χ1n) is 4.82. The highest BCUT2D eigenvalue weighted by Gasteiger charge is 2.15. The van der Waals surface area contributed by atoms with Crippen LogP contribution in [0, 0.1) is 0 Å². The van der Waals surface area contributed by atoms with Crippen LogP contribution in [-0.4, -0.2) is 5.11 Å². The number of aliphatic hydroxyl groups excluding tert-OH is 1. The Morgan fingerprint density at radius 1 is 1.38 bits per heavy atom. The van der Waals surface area contributed by atoms with Crippen LogP contribution in [0.5, 0.6) is 0 Å². The maximum atomic E-state index is 9.98. The Balaban J connectivity index is 1.98. The van der Waals surface area contributed by atoms with E-state index in [0.29, 0.717) is 15.1 Å². The summed E-state index contributed by atoms with van der Waals surface area (Å²) in [4.78, 5) is 1.27. The van der Waals surface area contributed by atoms with Gasteiger partial charge in [0.2, 0.25) is 0 Å². The number of halogens is 2. The molecule has 86 valence electrons. The number of thiophene rings is 2. The minimum atomic E-state index is -0.529. The summed E-state index contributed by atoms with van der Waals surface area (Å²) in [5.74, 6) is 0. The SMILES string of the molecule is OC(CCc1cccs1)c1cc(Cl)sc1Cl. The lowest BCUT2D eigenvalue weighted by molar-refractivity contribution is 0.168. The smallest absolute Gasteiger partial charge is 0.100 e. The first-order chi connectivity index (χ1) is 7.66. The molecule has 0 radical (unpaired) electrons. The van der Waals surface area contributed by atoms with Crippen molar-refractivity contribution in [3.63, 3.8) is 0 Å². The highest BCUT2D eigenvalue weighted by atomic mass is 35.5. The Kier molecular flexibility index (Phi) is 4.27. The van der Waals surface area contributed by atoms with Gasteiger partial charge in [0, 0.05) is 10.4 Å². The van der Waals surface area contributed by atoms with Gasteiger partial charge in [0.15, 0.2) is 0 Å². The van der Waals surface area contributed by atoms with E-state index in [0.717, 1.165) is 12.0 Å². The fourth-order valence-corrected chi connectivity index (χ4v) is 3.76. The Hall–Kier alpha value is -0.0600. The van der Waals surface area contributed by atoms with E-state index < -0.39 is 6.10 Å². The van der Waals surface area contributed by atoms with Gasteiger partial charge in [-0.25, -0.2) is 0 Å². The molecule has 2 aromatic heterocycles. The normalized spacial score (nSPS) is 12.9. The van der Waals surface area contributed by atoms with Gasteiger partial charge in [-0.1, -0.05) is 29.3 Å². The van der Waals surface area contributed by atoms with Crippen LogP contribution in [-0.2, 0) is 6.42 Å². The lowest BCUT2D eigenvalue weighted by Crippen LogP contribution is -1.97. The summed E-state index contributed by atoms with van der Waals surface area (Å²) in [5, 5.41) is 12.0. The molecule has 1 atom stereocenters. The number of hydrogen-bond donors (Lipinski definition) is 1. The molecule has 0 aromatic carbocycles. The van der Waals surface area contributed by atoms with E-state index in [4.69, 9.17) is 23.2 Å². The Bertz CT molecular complexity index is 451. The minimum Gasteiger partial charge on any atom is -0.388 e. The largest absolute Gasteiger partial charge is 0.388 e. The van der Waals surface area contributed by atoms with E-state index in [1.54, 1.807) is 17.4 Å². The first-order valence-corrected chi connectivity index (χ1v) is 7.27. The molecule has 1 N–H and O–H groups in total. The molecule has 0 bridgehead atoms. The summed E-state index contributed by atoms with van der Waals surface area (Å²) < 4.78 is 1.21. The zero-order valence-electron chi connectivity index (χ0n) is 8.32. The van der Waals surface area contributed by atoms with Crippen LogP contribution >= 0.6 is 45.9 Å². The third-order valence-corrected chi connectivity index (χ3v) is 4.74. The molecule has 0 amide bonds. The Morgan fingerprint density at radius 3 is 2.75 bits per heavy atom. The fourth-order valence-electron chi connectivity index (χ4n) is 1.47. The molecular formula is C11H10Cl2OS2. The maximum absolute atomic E-state index is 9.98. The van der Waals surface area contributed by atoms with Crippen molar-refractivity contribution in [1.29, 1.82) is 0 Å². The van der Waals surface area contributed by atoms with Gasteiger partial charge < -0.3 is 5.11 Å². The van der Waals surface area contributed by atoms with Crippen molar-refractivity contribution >= 4 is 45.9 Å². The number of hydrogen-bond acceptors (Lipinski definition) is 3. The van der Waals surface area contributed by atoms with Crippen molar-refractivity contribution in [3.05, 3.63) is 42.7 Å². The number of aliphatic hydroxyl groups is 1. The summed E-state index contributed by atoms with van der Waals surface area (Å²) >= 11 is 14.8. The maximum Gasteiger partial charge on any atom is 0.100 e. The quantitative estimate of drug-likeness (QED) is 0.860. The standard InChI is InChI=1S/C11H10Cl2OS2/c12-10-6-8(11(13)16-10)9(14)4-3-7-2-1-5-15-7/h1-2,5-6,9,14H,3-4H2. The van der Waals surface area contributed by atoms with Crippen LogP contribution in [0.1, 0.15) is 23.0 Å². The first kappa shape index (κ1) is 12.4. The van der Waals surface area contributed by atoms with Gasteiger partial charge in [0.05, 0.1) is 10.4 Å². The van der Waals surface area contributed by atoms with Gasteiger partial charge in [-0.05, 0) is 30.4 Å². The second kappa shape index (κ2) is 5.52. The number of aryl methyl sites for hydroxylation is 1. The molecule has 2 heterocycles. The van der Waals surface area contributed by atoms with E-state index in [1.165, 1.54) is 16.2 Å². The fraction of sp³-hybridized carbons (Fsp3) is 0.273. The third kappa shape index (κ3) is 2.99. The van der Waals surface area contributed by atoms with Crippen molar-refractivity contribution in [1.82, 2.24) is 0 Å². The van der Waals surface area contributed by atoms with Crippen molar-refractivity contribution in [2.75, 3.05) is 0 Å². The molecule has 1 nitrogen and oxygen atoms in total. The Morgan fingerprint density at radius 2 is 2.19 bits per heavy atom. The topological polar surface area (TPSA) is 20.2 Å². The molecular weight excluding hydrogens is 283 g/mol. The summed E-state index contributed by atoms with van der Waals surface area (Å²) in [6.07, 6.45) is 1.01. The van der Waals surface area contributed by atoms with Crippen LogP contribution in [0.3, 0.4) is 0 Å². The molecule has 0 aliphatic heterocycles. The lowest BCUT2D eigenvalue weighted by atomic mass is 10.1. The summed E-state index contributed by atoms with van der Waals surface area (Å²) in [7, 11) is 0. The van der Waals surface area contributed by atoms with E-state index in [1.807, 2.05) is 11.4 Å². The van der Waals surface area contributed by atoms with Crippen LogP contribution in [0.15, 0.2) is 23.6 Å². The molecule has 16 heavy (non-hydrogen) atoms. The predicted octanol–water partition coefficient (Wildman–Crippen LogP) is 4.78. The van der Waals surface area contributed by atoms with Crippen molar-refractivity contribution in [2.45, 2.75) is 18.9 Å². The van der Waals surface area contributed by atoms with Gasteiger partial charge >= 0.3 is 0 Å². The second-order valence-electron chi connectivity index (χ2n) is 3.41. The number of rotatable bonds is 4. The third-order valence-electron chi connectivity index (χ3n) is 2.29. The zero-order chi connectivity index (χ0) is 11.5. The van der Waals surface area contributed by atoms with Gasteiger partial charge in [-0.15, -0.1) is 22.7 Å². The molecule has 5 heteroatoms. The highest BCUT2D eigenvalue weighted by molar-refractivity contribution is 7.20. The van der Waals surface area contributed by atoms with Crippen molar-refractivity contribution < 1.29 is 5.11 Å². The molecule has 2 rings (SSSR count). The van der Waals surface area contributed by atoms with Gasteiger partial charge in [0.25, 0.3) is 0 Å². The van der Waals surface area contributed by atoms with Gasteiger partial charge in [-0.2, -0.15) is 0 Å². The predicted molar refractivity (Wildman–Crippen MR) is 71.9 cm³/mol. The van der Waals surface area contributed by atoms with Crippen molar-refractivity contribution in [2.24, 2.45) is 0 Å². The summed E-state index contributed by atoms with van der Waals surface area (Å²) in [6, 6.07) is 5.83. The van der Waals surface area contributed by atoms with Gasteiger partial charge in [0.1, 0.15) is 4.34 Å². The molecule has 0 aliphatic carbocycles. The van der Waals surface area contributed by atoms with Crippen LogP contribution in [0.25, 0.3) is 0 Å². The summed E-state index contributed by atoms with van der Waals surface area (Å²) in [5.41, 5.74) is 0.744. The monoisotopic (exact) mass is 292 g/mol. The van der Waals surface area contributed by atoms with Crippen LogP contribution < -0.4 is 0 Å².